The number of hydrogen-bond acceptors (Lipinski definition) is 6. The Balaban J connectivity index is 0.000000513. The van der Waals surface area contributed by atoms with Gasteiger partial charge in [-0.15, -0.1) is 0 Å². The van der Waals surface area contributed by atoms with Crippen LogP contribution in [0.2, 0.25) is 0 Å². The minimum absolute atomic E-state index is 0.219. The zero-order valence-electron chi connectivity index (χ0n) is 18.1. The van der Waals surface area contributed by atoms with Crippen LogP contribution in [0.25, 0.3) is 0 Å². The molecule has 1 aromatic rings. The van der Waals surface area contributed by atoms with Gasteiger partial charge in [0.25, 0.3) is 12.9 Å². The number of rotatable bonds is 4. The summed E-state index contributed by atoms with van der Waals surface area (Å²) in [5, 5.41) is 21.9. The van der Waals surface area contributed by atoms with Gasteiger partial charge in [0.05, 0.1) is 5.69 Å². The number of piperidine rings is 2. The third-order valence-corrected chi connectivity index (χ3v) is 6.15. The van der Waals surface area contributed by atoms with Crippen molar-refractivity contribution in [2.24, 2.45) is 0 Å². The third kappa shape index (κ3) is 7.95. The molecule has 10 nitrogen and oxygen atoms in total. The number of aromatic nitrogens is 2. The van der Waals surface area contributed by atoms with Gasteiger partial charge >= 0.3 is 0 Å². The minimum Gasteiger partial charge on any atom is -0.483 e. The van der Waals surface area contributed by atoms with Crippen molar-refractivity contribution in [1.29, 1.82) is 0 Å². The lowest BCUT2D eigenvalue weighted by Gasteiger charge is -2.36. The lowest BCUT2D eigenvalue weighted by atomic mass is 9.97. The van der Waals surface area contributed by atoms with Crippen LogP contribution < -0.4 is 5.32 Å². The molecule has 3 fully saturated rings. The van der Waals surface area contributed by atoms with Crippen LogP contribution in [0.3, 0.4) is 0 Å². The average molecular weight is 438 g/mol. The Morgan fingerprint density at radius 1 is 1.06 bits per heavy atom. The predicted molar refractivity (Wildman–Crippen MR) is 115 cm³/mol. The van der Waals surface area contributed by atoms with E-state index < -0.39 is 0 Å². The molecule has 0 saturated carbocycles. The van der Waals surface area contributed by atoms with Crippen LogP contribution in [-0.2, 0) is 20.9 Å². The SMILES string of the molecule is O=C(Cn1ccc(C2CCCNC2)n1)N1CCC(N2CCCC2)CC1.O=CO.O=CO. The highest BCUT2D eigenvalue weighted by atomic mass is 16.3. The minimum atomic E-state index is -0.250. The lowest BCUT2D eigenvalue weighted by Crippen LogP contribution is -2.46. The second kappa shape index (κ2) is 13.8. The molecule has 1 unspecified atom stereocenters. The summed E-state index contributed by atoms with van der Waals surface area (Å²) in [6, 6.07) is 2.78. The predicted octanol–water partition coefficient (Wildman–Crippen LogP) is 0.839. The molecule has 0 bridgehead atoms. The van der Waals surface area contributed by atoms with Crippen molar-refractivity contribution in [3.05, 3.63) is 18.0 Å². The second-order valence-corrected chi connectivity index (χ2v) is 8.05. The van der Waals surface area contributed by atoms with E-state index in [1.165, 1.54) is 38.8 Å². The first-order valence-electron chi connectivity index (χ1n) is 11.0. The van der Waals surface area contributed by atoms with E-state index in [4.69, 9.17) is 19.8 Å². The molecule has 3 saturated heterocycles. The van der Waals surface area contributed by atoms with Crippen LogP contribution in [0.15, 0.2) is 12.3 Å². The van der Waals surface area contributed by atoms with E-state index >= 15 is 0 Å². The van der Waals surface area contributed by atoms with Gasteiger partial charge in [0.2, 0.25) is 5.91 Å². The zero-order valence-corrected chi connectivity index (χ0v) is 18.1. The number of likely N-dealkylation sites (tertiary alicyclic amines) is 2. The van der Waals surface area contributed by atoms with Gasteiger partial charge in [-0.3, -0.25) is 19.1 Å². The van der Waals surface area contributed by atoms with Crippen molar-refractivity contribution in [2.75, 3.05) is 39.3 Å². The Kier molecular flexibility index (Phi) is 11.0. The monoisotopic (exact) mass is 437 g/mol. The van der Waals surface area contributed by atoms with Crippen molar-refractivity contribution >= 4 is 18.9 Å². The van der Waals surface area contributed by atoms with Gasteiger partial charge in [-0.2, -0.15) is 5.10 Å². The van der Waals surface area contributed by atoms with Crippen molar-refractivity contribution in [1.82, 2.24) is 24.9 Å². The van der Waals surface area contributed by atoms with Crippen LogP contribution in [-0.4, -0.2) is 94.0 Å². The molecular weight excluding hydrogens is 402 g/mol. The summed E-state index contributed by atoms with van der Waals surface area (Å²) in [7, 11) is 0. The molecule has 4 heterocycles. The van der Waals surface area contributed by atoms with Crippen LogP contribution in [0, 0.1) is 0 Å². The number of carboxylic acid groups (broad SMARTS) is 2. The Morgan fingerprint density at radius 3 is 2.29 bits per heavy atom. The van der Waals surface area contributed by atoms with E-state index in [1.54, 1.807) is 0 Å². The molecule has 174 valence electrons. The molecule has 4 rings (SSSR count). The fourth-order valence-corrected chi connectivity index (χ4v) is 4.61. The molecule has 0 radical (unpaired) electrons. The molecule has 0 spiro atoms. The fraction of sp³-hybridized carbons (Fsp3) is 0.714. The van der Waals surface area contributed by atoms with E-state index in [2.05, 4.69) is 21.4 Å². The van der Waals surface area contributed by atoms with Crippen molar-refractivity contribution in [3.8, 4) is 0 Å². The summed E-state index contributed by atoms with van der Waals surface area (Å²) < 4.78 is 1.83. The maximum Gasteiger partial charge on any atom is 0.290 e. The van der Waals surface area contributed by atoms with Crippen LogP contribution in [0.4, 0.5) is 0 Å². The first kappa shape index (κ1) is 24.8. The first-order valence-corrected chi connectivity index (χ1v) is 11.0. The second-order valence-electron chi connectivity index (χ2n) is 8.05. The smallest absolute Gasteiger partial charge is 0.290 e. The molecular formula is C21H35N5O5. The van der Waals surface area contributed by atoms with E-state index in [1.807, 2.05) is 15.8 Å². The normalized spacial score (nSPS) is 21.9. The number of nitrogens with zero attached hydrogens (tertiary/aromatic N) is 4. The van der Waals surface area contributed by atoms with E-state index in [0.29, 0.717) is 18.5 Å². The fourth-order valence-electron chi connectivity index (χ4n) is 4.61. The van der Waals surface area contributed by atoms with Crippen LogP contribution in [0.5, 0.6) is 0 Å². The topological polar surface area (TPSA) is 128 Å². The molecule has 0 aromatic carbocycles. The third-order valence-electron chi connectivity index (χ3n) is 6.15. The molecule has 3 aliphatic heterocycles. The standard InChI is InChI=1S/C19H31N5O.2CH2O2/c25-19(23-11-5-17(6-12-23)22-9-1-2-10-22)15-24-13-7-18(21-24)16-4-3-8-20-14-16;2*2-1-3/h7,13,16-17,20H,1-6,8-12,14-15H2;2*1H,(H,2,3). The summed E-state index contributed by atoms with van der Waals surface area (Å²) in [6.45, 7) is 6.32. The highest BCUT2D eigenvalue weighted by Gasteiger charge is 2.28. The van der Waals surface area contributed by atoms with Crippen LogP contribution in [0.1, 0.15) is 50.1 Å². The Bertz CT molecular complexity index is 657. The average Bonchev–Trinajstić information content (AvgIpc) is 3.48. The maximum absolute atomic E-state index is 12.6. The van der Waals surface area contributed by atoms with E-state index in [9.17, 15) is 4.79 Å². The maximum atomic E-state index is 12.6. The Morgan fingerprint density at radius 2 is 1.71 bits per heavy atom. The molecule has 1 atom stereocenters. The molecule has 1 aromatic heterocycles. The van der Waals surface area contributed by atoms with Crippen molar-refractivity contribution < 1.29 is 24.6 Å². The molecule has 1 amide bonds. The number of nitrogens with one attached hydrogen (secondary N) is 1. The van der Waals surface area contributed by atoms with E-state index in [-0.39, 0.29) is 18.9 Å². The quantitative estimate of drug-likeness (QED) is 0.591. The van der Waals surface area contributed by atoms with Gasteiger partial charge in [-0.25, -0.2) is 0 Å². The highest BCUT2D eigenvalue weighted by Crippen LogP contribution is 2.22. The Hall–Kier alpha value is -2.46. The molecule has 31 heavy (non-hydrogen) atoms. The van der Waals surface area contributed by atoms with Gasteiger partial charge in [0, 0.05) is 37.8 Å². The van der Waals surface area contributed by atoms with Gasteiger partial charge in [-0.1, -0.05) is 0 Å². The number of amides is 1. The summed E-state index contributed by atoms with van der Waals surface area (Å²) >= 11 is 0. The van der Waals surface area contributed by atoms with E-state index in [0.717, 1.165) is 44.7 Å². The molecule has 3 aliphatic rings. The van der Waals surface area contributed by atoms with Crippen LogP contribution >= 0.6 is 0 Å². The molecule has 10 heteroatoms. The van der Waals surface area contributed by atoms with Crippen molar-refractivity contribution in [2.45, 2.75) is 57.0 Å². The molecule has 3 N–H and O–H groups in total. The number of carbonyl (C=O) groups is 3. The number of hydrogen-bond donors (Lipinski definition) is 3. The largest absolute Gasteiger partial charge is 0.483 e. The molecule has 0 aliphatic carbocycles. The zero-order chi connectivity index (χ0) is 22.5. The Labute approximate surface area is 183 Å². The van der Waals surface area contributed by atoms with Gasteiger partial charge in [0.1, 0.15) is 6.54 Å². The first-order chi connectivity index (χ1) is 15.1. The summed E-state index contributed by atoms with van der Waals surface area (Å²) in [4.78, 5) is 34.0. The lowest BCUT2D eigenvalue weighted by molar-refractivity contribution is -0.133. The summed E-state index contributed by atoms with van der Waals surface area (Å²) in [5.74, 6) is 0.720. The number of carbonyl (C=O) groups excluding carboxylic acids is 1. The van der Waals surface area contributed by atoms with Crippen molar-refractivity contribution in [3.63, 3.8) is 0 Å². The van der Waals surface area contributed by atoms with Gasteiger partial charge in [-0.05, 0) is 64.2 Å². The summed E-state index contributed by atoms with van der Waals surface area (Å²) in [5.41, 5.74) is 1.13. The highest BCUT2D eigenvalue weighted by molar-refractivity contribution is 5.76. The van der Waals surface area contributed by atoms with Gasteiger partial charge < -0.3 is 25.3 Å². The van der Waals surface area contributed by atoms with Gasteiger partial charge in [0.15, 0.2) is 0 Å². The summed E-state index contributed by atoms with van der Waals surface area (Å²) in [6.07, 6.45) is 9.32.